The van der Waals surface area contributed by atoms with Crippen LogP contribution in [0.15, 0.2) is 11.9 Å². The Morgan fingerprint density at radius 3 is 3.00 bits per heavy atom. The van der Waals surface area contributed by atoms with Crippen LogP contribution in [0.2, 0.25) is 0 Å². The van der Waals surface area contributed by atoms with Gasteiger partial charge in [0.25, 0.3) is 0 Å². The second-order valence-corrected chi connectivity index (χ2v) is 8.37. The molecule has 5 heteroatoms. The minimum absolute atomic E-state index is 0.152. The molecule has 1 saturated carbocycles. The summed E-state index contributed by atoms with van der Waals surface area (Å²) in [5.41, 5.74) is 0.375. The number of allylic oxidation sites excluding steroid dienone is 1. The Bertz CT molecular complexity index is 447. The van der Waals surface area contributed by atoms with Gasteiger partial charge in [-0.1, -0.05) is 26.7 Å². The molecule has 3 aliphatic rings. The van der Waals surface area contributed by atoms with E-state index in [9.17, 15) is 14.7 Å². The van der Waals surface area contributed by atoms with Crippen molar-refractivity contribution in [2.45, 2.75) is 31.5 Å². The number of hydrogen-bond donors (Lipinski definition) is 2. The normalized spacial score (nSPS) is 45.3. The fourth-order valence-electron chi connectivity index (χ4n) is 4.18. The van der Waals surface area contributed by atoms with Crippen molar-refractivity contribution in [1.29, 1.82) is 0 Å². The molecule has 2 heterocycles. The van der Waals surface area contributed by atoms with Gasteiger partial charge in [-0.3, -0.25) is 9.59 Å². The highest BCUT2D eigenvalue weighted by Crippen LogP contribution is 2.66. The van der Waals surface area contributed by atoms with Gasteiger partial charge in [0.05, 0.1) is 12.5 Å². The van der Waals surface area contributed by atoms with Crippen molar-refractivity contribution in [3.8, 4) is 0 Å². The largest absolute Gasteiger partial charge is 0.481 e. The predicted octanol–water partition coefficient (Wildman–Crippen LogP) is 1.67. The fraction of sp³-hybridized carbons (Fsp3) is 0.714. The van der Waals surface area contributed by atoms with Crippen LogP contribution in [0.4, 0.5) is 0 Å². The van der Waals surface area contributed by atoms with Crippen molar-refractivity contribution >= 4 is 19.7 Å². The third-order valence-electron chi connectivity index (χ3n) is 5.06. The average molecular weight is 282 g/mol. The van der Waals surface area contributed by atoms with Crippen LogP contribution in [0.3, 0.4) is 0 Å². The lowest BCUT2D eigenvalue weighted by atomic mass is 9.68. The van der Waals surface area contributed by atoms with Gasteiger partial charge in [0.2, 0.25) is 0 Å². The van der Waals surface area contributed by atoms with Crippen LogP contribution in [-0.2, 0) is 9.59 Å². The number of aliphatic carboxylic acids is 1. The second kappa shape index (κ2) is 4.68. The molecule has 0 aromatic rings. The van der Waals surface area contributed by atoms with Crippen molar-refractivity contribution in [2.24, 2.45) is 23.7 Å². The molecule has 7 unspecified atom stereocenters. The molecule has 7 atom stereocenters. The molecule has 3 rings (SSSR count). The molecule has 2 aliphatic heterocycles. The molecule has 2 bridgehead atoms. The third-order valence-corrected chi connectivity index (χ3v) is 8.01. The Morgan fingerprint density at radius 1 is 1.58 bits per heavy atom. The monoisotopic (exact) mass is 282 g/mol. The molecular formula is C14H19O4P. The Hall–Kier alpha value is -0.730. The summed E-state index contributed by atoms with van der Waals surface area (Å²) in [7, 11) is -0.224. The van der Waals surface area contributed by atoms with Crippen molar-refractivity contribution in [1.82, 2.24) is 0 Å². The standard InChI is InChI=1S/C14H19O4P/c1-7-9(10(15)5-12(17)18)4-11(16)13-8-2-3-19(6-8)14(7)13/h2-3,7-10,13-15H,4-6H2,1H3,(H,17,18). The zero-order valence-electron chi connectivity index (χ0n) is 10.9. The lowest BCUT2D eigenvalue weighted by Crippen LogP contribution is -2.46. The van der Waals surface area contributed by atoms with E-state index in [2.05, 4.69) is 18.8 Å². The van der Waals surface area contributed by atoms with Crippen LogP contribution >= 0.6 is 7.92 Å². The maximum absolute atomic E-state index is 12.3. The van der Waals surface area contributed by atoms with Crippen molar-refractivity contribution in [3.05, 3.63) is 11.9 Å². The van der Waals surface area contributed by atoms with E-state index < -0.39 is 12.1 Å². The first-order valence-electron chi connectivity index (χ1n) is 6.85. The van der Waals surface area contributed by atoms with Crippen LogP contribution in [0.1, 0.15) is 19.8 Å². The number of carboxylic acid groups (broad SMARTS) is 1. The highest BCUT2D eigenvalue weighted by atomic mass is 31.1. The summed E-state index contributed by atoms with van der Waals surface area (Å²) < 4.78 is 0. The number of hydrogen-bond acceptors (Lipinski definition) is 3. The molecule has 2 fully saturated rings. The quantitative estimate of drug-likeness (QED) is 0.772. The topological polar surface area (TPSA) is 74.6 Å². The first kappa shape index (κ1) is 13.3. The fourth-order valence-corrected chi connectivity index (χ4v) is 7.65. The lowest BCUT2D eigenvalue weighted by molar-refractivity contribution is -0.142. The highest BCUT2D eigenvalue weighted by molar-refractivity contribution is 7.62. The SMILES string of the molecule is CC1C(C(O)CC(=O)O)CC(=O)C2C3C=CP(C3)C12. The Balaban J connectivity index is 1.81. The highest BCUT2D eigenvalue weighted by Gasteiger charge is 2.55. The summed E-state index contributed by atoms with van der Waals surface area (Å²) in [6.45, 7) is 2.09. The molecule has 4 nitrogen and oxygen atoms in total. The van der Waals surface area contributed by atoms with Crippen LogP contribution in [0.5, 0.6) is 0 Å². The van der Waals surface area contributed by atoms with Gasteiger partial charge in [0, 0.05) is 12.3 Å². The third kappa shape index (κ3) is 2.05. The first-order valence-corrected chi connectivity index (χ1v) is 8.52. The Morgan fingerprint density at radius 2 is 2.32 bits per heavy atom. The van der Waals surface area contributed by atoms with E-state index in [1.165, 1.54) is 0 Å². The van der Waals surface area contributed by atoms with Gasteiger partial charge in [0.15, 0.2) is 0 Å². The molecule has 0 aromatic heterocycles. The molecule has 0 amide bonds. The van der Waals surface area contributed by atoms with E-state index in [1.807, 2.05) is 0 Å². The van der Waals surface area contributed by atoms with E-state index in [4.69, 9.17) is 5.11 Å². The number of Topliss-reactive ketones (excluding diaryl/α,β-unsaturated/α-hetero) is 1. The number of aliphatic hydroxyl groups excluding tert-OH is 1. The zero-order valence-corrected chi connectivity index (χ0v) is 11.8. The maximum atomic E-state index is 12.3. The molecule has 2 N–H and O–H groups in total. The molecular weight excluding hydrogens is 263 g/mol. The molecule has 0 spiro atoms. The number of aliphatic hydroxyl groups is 1. The molecule has 0 aromatic carbocycles. The van der Waals surface area contributed by atoms with Crippen LogP contribution in [-0.4, -0.2) is 39.9 Å². The molecule has 104 valence electrons. The van der Waals surface area contributed by atoms with Gasteiger partial charge < -0.3 is 10.2 Å². The van der Waals surface area contributed by atoms with E-state index in [-0.39, 0.29) is 37.9 Å². The zero-order chi connectivity index (χ0) is 13.7. The Kier molecular flexibility index (Phi) is 3.26. The average Bonchev–Trinajstić information content (AvgIpc) is 2.93. The molecule has 1 saturated heterocycles. The van der Waals surface area contributed by atoms with Gasteiger partial charge in [0.1, 0.15) is 5.78 Å². The minimum atomic E-state index is -0.993. The summed E-state index contributed by atoms with van der Waals surface area (Å²) in [5.74, 6) is 2.17. The summed E-state index contributed by atoms with van der Waals surface area (Å²) >= 11 is 0. The van der Waals surface area contributed by atoms with Gasteiger partial charge in [-0.15, -0.1) is 0 Å². The van der Waals surface area contributed by atoms with Gasteiger partial charge >= 0.3 is 5.97 Å². The van der Waals surface area contributed by atoms with Gasteiger partial charge in [-0.2, -0.15) is 0 Å². The van der Waals surface area contributed by atoms with Crippen molar-refractivity contribution in [2.75, 3.05) is 6.16 Å². The molecule has 1 aliphatic carbocycles. The first-order chi connectivity index (χ1) is 8.99. The van der Waals surface area contributed by atoms with Crippen molar-refractivity contribution < 1.29 is 19.8 Å². The number of carbonyl (C=O) groups is 2. The summed E-state index contributed by atoms with van der Waals surface area (Å²) in [4.78, 5) is 23.1. The van der Waals surface area contributed by atoms with Crippen LogP contribution < -0.4 is 0 Å². The van der Waals surface area contributed by atoms with E-state index in [1.54, 1.807) is 0 Å². The maximum Gasteiger partial charge on any atom is 0.305 e. The van der Waals surface area contributed by atoms with Gasteiger partial charge in [-0.25, -0.2) is 0 Å². The van der Waals surface area contributed by atoms with Gasteiger partial charge in [-0.05, 0) is 29.6 Å². The lowest BCUT2D eigenvalue weighted by Gasteiger charge is -2.42. The minimum Gasteiger partial charge on any atom is -0.481 e. The predicted molar refractivity (Wildman–Crippen MR) is 72.2 cm³/mol. The van der Waals surface area contributed by atoms with E-state index >= 15 is 0 Å². The second-order valence-electron chi connectivity index (χ2n) is 6.08. The smallest absolute Gasteiger partial charge is 0.305 e. The van der Waals surface area contributed by atoms with Crippen LogP contribution in [0, 0.1) is 23.7 Å². The van der Waals surface area contributed by atoms with E-state index in [0.29, 0.717) is 18.0 Å². The van der Waals surface area contributed by atoms with Crippen molar-refractivity contribution in [3.63, 3.8) is 0 Å². The summed E-state index contributed by atoms with van der Waals surface area (Å²) in [6, 6.07) is 0. The number of carboxylic acids is 1. The molecule has 0 radical (unpaired) electrons. The number of ketones is 1. The van der Waals surface area contributed by atoms with E-state index in [0.717, 1.165) is 6.16 Å². The number of carbonyl (C=O) groups excluding carboxylic acids is 1. The van der Waals surface area contributed by atoms with Crippen LogP contribution in [0.25, 0.3) is 0 Å². The number of rotatable bonds is 3. The Labute approximate surface area is 113 Å². The number of fused-ring (bicyclic) bond motifs is 5. The summed E-state index contributed by atoms with van der Waals surface area (Å²) in [6.07, 6.45) is 2.53. The molecule has 19 heavy (non-hydrogen) atoms. The summed E-state index contributed by atoms with van der Waals surface area (Å²) in [5, 5.41) is 18.9.